The third-order valence-corrected chi connectivity index (χ3v) is 2.04. The summed E-state index contributed by atoms with van der Waals surface area (Å²) in [6, 6.07) is 0. The molecule has 1 aliphatic carbocycles. The Kier molecular flexibility index (Phi) is 2.86. The number of allylic oxidation sites excluding steroid dienone is 2. The monoisotopic (exact) mass is 196 g/mol. The standard InChI is InChI=1S/C10H12O4/c1-7(11)6-10(13)8(12)4-3-5-9(10)14-2/h3-5,13H,6H2,1-2H3. The van der Waals surface area contributed by atoms with Gasteiger partial charge in [-0.05, 0) is 19.1 Å². The molecule has 0 aliphatic heterocycles. The third kappa shape index (κ3) is 1.75. The normalized spacial score (nSPS) is 25.9. The molecule has 1 unspecified atom stereocenters. The van der Waals surface area contributed by atoms with Gasteiger partial charge in [-0.1, -0.05) is 6.08 Å². The van der Waals surface area contributed by atoms with Gasteiger partial charge in [-0.3, -0.25) is 9.59 Å². The molecule has 0 fully saturated rings. The maximum absolute atomic E-state index is 11.4. The summed E-state index contributed by atoms with van der Waals surface area (Å²) in [4.78, 5) is 22.3. The largest absolute Gasteiger partial charge is 0.498 e. The summed E-state index contributed by atoms with van der Waals surface area (Å²) < 4.78 is 4.86. The van der Waals surface area contributed by atoms with E-state index in [9.17, 15) is 14.7 Å². The molecule has 0 radical (unpaired) electrons. The molecule has 4 nitrogen and oxygen atoms in total. The van der Waals surface area contributed by atoms with Gasteiger partial charge < -0.3 is 9.84 Å². The highest BCUT2D eigenvalue weighted by Crippen LogP contribution is 2.26. The summed E-state index contributed by atoms with van der Waals surface area (Å²) in [5.41, 5.74) is -1.81. The molecule has 0 saturated carbocycles. The van der Waals surface area contributed by atoms with Crippen LogP contribution in [0.4, 0.5) is 0 Å². The van der Waals surface area contributed by atoms with Crippen LogP contribution in [0.5, 0.6) is 0 Å². The molecule has 1 aliphatic rings. The lowest BCUT2D eigenvalue weighted by Gasteiger charge is -2.27. The van der Waals surface area contributed by atoms with Gasteiger partial charge in [-0.2, -0.15) is 0 Å². The van der Waals surface area contributed by atoms with Crippen LogP contribution in [0.2, 0.25) is 0 Å². The molecule has 1 N–H and O–H groups in total. The van der Waals surface area contributed by atoms with Crippen molar-refractivity contribution in [3.05, 3.63) is 24.0 Å². The predicted octanol–water partition coefficient (Wildman–Crippen LogP) is 0.366. The van der Waals surface area contributed by atoms with E-state index >= 15 is 0 Å². The lowest BCUT2D eigenvalue weighted by molar-refractivity contribution is -0.138. The molecule has 0 spiro atoms. The maximum atomic E-state index is 11.4. The third-order valence-electron chi connectivity index (χ3n) is 2.04. The first-order valence-electron chi connectivity index (χ1n) is 4.20. The topological polar surface area (TPSA) is 63.6 Å². The van der Waals surface area contributed by atoms with Gasteiger partial charge in [0.05, 0.1) is 7.11 Å². The zero-order chi connectivity index (χ0) is 10.8. The van der Waals surface area contributed by atoms with Crippen molar-refractivity contribution < 1.29 is 19.4 Å². The Balaban J connectivity index is 3.03. The summed E-state index contributed by atoms with van der Waals surface area (Å²) in [6.07, 6.45) is 3.93. The SMILES string of the molecule is COC1=CC=CC(=O)C1(O)CC(C)=O. The lowest BCUT2D eigenvalue weighted by atomic mass is 9.87. The van der Waals surface area contributed by atoms with Crippen LogP contribution >= 0.6 is 0 Å². The second kappa shape index (κ2) is 3.75. The van der Waals surface area contributed by atoms with Crippen LogP contribution in [0.1, 0.15) is 13.3 Å². The second-order valence-electron chi connectivity index (χ2n) is 3.20. The van der Waals surface area contributed by atoms with Crippen molar-refractivity contribution in [2.75, 3.05) is 7.11 Å². The van der Waals surface area contributed by atoms with E-state index < -0.39 is 11.4 Å². The highest BCUT2D eigenvalue weighted by atomic mass is 16.5. The molecule has 1 atom stereocenters. The van der Waals surface area contributed by atoms with Crippen LogP contribution in [0, 0.1) is 0 Å². The van der Waals surface area contributed by atoms with Crippen LogP contribution in [0.15, 0.2) is 24.0 Å². The Bertz CT molecular complexity index is 327. The molecule has 1 rings (SSSR count). The van der Waals surface area contributed by atoms with Crippen LogP contribution in [-0.2, 0) is 14.3 Å². The summed E-state index contributed by atoms with van der Waals surface area (Å²) in [5, 5.41) is 9.96. The van der Waals surface area contributed by atoms with Crippen LogP contribution < -0.4 is 0 Å². The van der Waals surface area contributed by atoms with Crippen LogP contribution in [0.3, 0.4) is 0 Å². The molecular weight excluding hydrogens is 184 g/mol. The summed E-state index contributed by atoms with van der Waals surface area (Å²) in [5.74, 6) is -0.675. The molecule has 4 heteroatoms. The molecule has 0 aromatic carbocycles. The van der Waals surface area contributed by atoms with E-state index in [0.29, 0.717) is 0 Å². The molecule has 76 valence electrons. The number of ether oxygens (including phenoxy) is 1. The maximum Gasteiger partial charge on any atom is 0.195 e. The van der Waals surface area contributed by atoms with Crippen molar-refractivity contribution in [3.8, 4) is 0 Å². The highest BCUT2D eigenvalue weighted by molar-refractivity contribution is 6.03. The zero-order valence-corrected chi connectivity index (χ0v) is 8.11. The van der Waals surface area contributed by atoms with Crippen molar-refractivity contribution in [1.29, 1.82) is 0 Å². The molecule has 0 aromatic heterocycles. The van der Waals surface area contributed by atoms with E-state index in [-0.39, 0.29) is 18.0 Å². The molecule has 0 aromatic rings. The predicted molar refractivity (Wildman–Crippen MR) is 49.5 cm³/mol. The summed E-state index contributed by atoms with van der Waals surface area (Å²) >= 11 is 0. The zero-order valence-electron chi connectivity index (χ0n) is 8.11. The Morgan fingerprint density at radius 2 is 2.29 bits per heavy atom. The van der Waals surface area contributed by atoms with E-state index in [1.165, 1.54) is 32.3 Å². The number of methoxy groups -OCH3 is 1. The first-order valence-corrected chi connectivity index (χ1v) is 4.20. The Morgan fingerprint density at radius 1 is 1.64 bits per heavy atom. The average molecular weight is 196 g/mol. The Hall–Kier alpha value is -1.42. The molecular formula is C10H12O4. The van der Waals surface area contributed by atoms with E-state index in [1.807, 2.05) is 0 Å². The Labute approximate surface area is 81.9 Å². The molecule has 0 amide bonds. The number of carbonyl (C=O) groups is 2. The van der Waals surface area contributed by atoms with Gasteiger partial charge in [0.1, 0.15) is 11.5 Å². The molecule has 0 saturated heterocycles. The van der Waals surface area contributed by atoms with Gasteiger partial charge in [0.2, 0.25) is 0 Å². The van der Waals surface area contributed by atoms with E-state index in [4.69, 9.17) is 4.74 Å². The highest BCUT2D eigenvalue weighted by Gasteiger charge is 2.42. The van der Waals surface area contributed by atoms with Crippen molar-refractivity contribution >= 4 is 11.6 Å². The number of carbonyl (C=O) groups excluding carboxylic acids is 2. The van der Waals surface area contributed by atoms with Crippen LogP contribution in [-0.4, -0.2) is 29.4 Å². The first-order chi connectivity index (χ1) is 6.50. The van der Waals surface area contributed by atoms with Crippen molar-refractivity contribution in [1.82, 2.24) is 0 Å². The minimum atomic E-state index is -1.81. The Morgan fingerprint density at radius 3 is 2.79 bits per heavy atom. The fraction of sp³-hybridized carbons (Fsp3) is 0.400. The van der Waals surface area contributed by atoms with Crippen molar-refractivity contribution in [3.63, 3.8) is 0 Å². The van der Waals surface area contributed by atoms with Gasteiger partial charge in [0.15, 0.2) is 11.4 Å². The van der Waals surface area contributed by atoms with Crippen LogP contribution in [0.25, 0.3) is 0 Å². The minimum absolute atomic E-state index is 0.111. The first kappa shape index (κ1) is 10.7. The number of rotatable bonds is 3. The number of ketones is 2. The molecule has 0 heterocycles. The minimum Gasteiger partial charge on any atom is -0.498 e. The average Bonchev–Trinajstić information content (AvgIpc) is 2.08. The number of Topliss-reactive ketones (excluding diaryl/α,β-unsaturated/α-hetero) is 1. The summed E-state index contributed by atoms with van der Waals surface area (Å²) in [7, 11) is 1.35. The van der Waals surface area contributed by atoms with E-state index in [0.717, 1.165) is 0 Å². The van der Waals surface area contributed by atoms with Gasteiger partial charge in [0.25, 0.3) is 0 Å². The smallest absolute Gasteiger partial charge is 0.195 e. The molecule has 14 heavy (non-hydrogen) atoms. The van der Waals surface area contributed by atoms with E-state index in [2.05, 4.69) is 0 Å². The number of hydrogen-bond donors (Lipinski definition) is 1. The van der Waals surface area contributed by atoms with Crippen molar-refractivity contribution in [2.24, 2.45) is 0 Å². The van der Waals surface area contributed by atoms with E-state index in [1.54, 1.807) is 0 Å². The number of aliphatic hydroxyl groups is 1. The fourth-order valence-corrected chi connectivity index (χ4v) is 1.39. The van der Waals surface area contributed by atoms with Gasteiger partial charge in [0, 0.05) is 6.42 Å². The fourth-order valence-electron chi connectivity index (χ4n) is 1.39. The van der Waals surface area contributed by atoms with Gasteiger partial charge in [-0.25, -0.2) is 0 Å². The quantitative estimate of drug-likeness (QED) is 0.708. The van der Waals surface area contributed by atoms with Gasteiger partial charge in [-0.15, -0.1) is 0 Å². The second-order valence-corrected chi connectivity index (χ2v) is 3.20. The summed E-state index contributed by atoms with van der Waals surface area (Å²) in [6.45, 7) is 1.32. The van der Waals surface area contributed by atoms with Gasteiger partial charge >= 0.3 is 0 Å². The lowest BCUT2D eigenvalue weighted by Crippen LogP contribution is -2.43. The van der Waals surface area contributed by atoms with Crippen molar-refractivity contribution in [2.45, 2.75) is 18.9 Å². The molecule has 0 bridgehead atoms. The number of hydrogen-bond acceptors (Lipinski definition) is 4.